The van der Waals surface area contributed by atoms with E-state index in [0.29, 0.717) is 12.1 Å². The SMILES string of the molecule is CCc1nn(C)cc1NC(=O)c1ccc([N+](=O)[O-])c(N)c1. The smallest absolute Gasteiger partial charge is 0.292 e. The summed E-state index contributed by atoms with van der Waals surface area (Å²) in [6.45, 7) is 1.93. The van der Waals surface area contributed by atoms with E-state index in [1.165, 1.54) is 18.2 Å². The van der Waals surface area contributed by atoms with E-state index in [2.05, 4.69) is 10.4 Å². The van der Waals surface area contributed by atoms with Crippen molar-refractivity contribution in [1.82, 2.24) is 9.78 Å². The number of carbonyl (C=O) groups is 1. The van der Waals surface area contributed by atoms with Crippen LogP contribution < -0.4 is 11.1 Å². The van der Waals surface area contributed by atoms with Crippen LogP contribution in [0.2, 0.25) is 0 Å². The molecule has 0 unspecified atom stereocenters. The molecule has 110 valence electrons. The fraction of sp³-hybridized carbons (Fsp3) is 0.231. The summed E-state index contributed by atoms with van der Waals surface area (Å²) in [6, 6.07) is 3.87. The number of nitro groups is 1. The first kappa shape index (κ1) is 14.5. The molecule has 0 bridgehead atoms. The molecule has 8 heteroatoms. The molecule has 0 saturated carbocycles. The Bertz CT molecular complexity index is 708. The maximum Gasteiger partial charge on any atom is 0.292 e. The van der Waals surface area contributed by atoms with Crippen molar-refractivity contribution in [3.05, 3.63) is 45.8 Å². The largest absolute Gasteiger partial charge is 0.393 e. The van der Waals surface area contributed by atoms with Crippen molar-refractivity contribution in [3.8, 4) is 0 Å². The Kier molecular flexibility index (Phi) is 3.88. The standard InChI is InChI=1S/C13H15N5O3/c1-3-10-11(7-17(2)16-10)15-13(19)8-4-5-12(18(20)21)9(14)6-8/h4-7H,3,14H2,1-2H3,(H,15,19). The second-order valence-corrected chi connectivity index (χ2v) is 4.50. The van der Waals surface area contributed by atoms with Crippen LogP contribution in [0.1, 0.15) is 23.0 Å². The third-order valence-corrected chi connectivity index (χ3v) is 2.97. The number of aryl methyl sites for hydroxylation is 2. The number of carbonyl (C=O) groups excluding carboxylic acids is 1. The highest BCUT2D eigenvalue weighted by molar-refractivity contribution is 6.05. The predicted octanol–water partition coefficient (Wildman–Crippen LogP) is 1.73. The van der Waals surface area contributed by atoms with Gasteiger partial charge in [0.2, 0.25) is 0 Å². The van der Waals surface area contributed by atoms with Gasteiger partial charge in [-0.15, -0.1) is 0 Å². The monoisotopic (exact) mass is 289 g/mol. The normalized spacial score (nSPS) is 10.4. The zero-order valence-corrected chi connectivity index (χ0v) is 11.7. The predicted molar refractivity (Wildman–Crippen MR) is 78.0 cm³/mol. The lowest BCUT2D eigenvalue weighted by molar-refractivity contribution is -0.383. The van der Waals surface area contributed by atoms with E-state index < -0.39 is 4.92 Å². The molecule has 0 aliphatic rings. The summed E-state index contributed by atoms with van der Waals surface area (Å²) >= 11 is 0. The molecule has 0 saturated heterocycles. The Balaban J connectivity index is 2.24. The topological polar surface area (TPSA) is 116 Å². The van der Waals surface area contributed by atoms with Gasteiger partial charge in [0.15, 0.2) is 0 Å². The molecule has 0 aliphatic carbocycles. The van der Waals surface area contributed by atoms with E-state index in [1.54, 1.807) is 17.9 Å². The third-order valence-electron chi connectivity index (χ3n) is 2.97. The van der Waals surface area contributed by atoms with Gasteiger partial charge in [-0.2, -0.15) is 5.10 Å². The van der Waals surface area contributed by atoms with Crippen LogP contribution in [0.25, 0.3) is 0 Å². The molecule has 21 heavy (non-hydrogen) atoms. The van der Waals surface area contributed by atoms with Gasteiger partial charge in [0.05, 0.1) is 16.3 Å². The van der Waals surface area contributed by atoms with E-state index >= 15 is 0 Å². The van der Waals surface area contributed by atoms with E-state index in [9.17, 15) is 14.9 Å². The summed E-state index contributed by atoms with van der Waals surface area (Å²) in [5.74, 6) is -0.390. The molecule has 1 aromatic heterocycles. The molecule has 0 fully saturated rings. The van der Waals surface area contributed by atoms with E-state index in [1.807, 2.05) is 6.92 Å². The van der Waals surface area contributed by atoms with Crippen LogP contribution in [0.3, 0.4) is 0 Å². The molecule has 0 atom stereocenters. The number of aromatic nitrogens is 2. The van der Waals surface area contributed by atoms with Crippen molar-refractivity contribution >= 4 is 23.0 Å². The van der Waals surface area contributed by atoms with Crippen LogP contribution in [0, 0.1) is 10.1 Å². The molecule has 1 heterocycles. The Hall–Kier alpha value is -2.90. The van der Waals surface area contributed by atoms with Crippen molar-refractivity contribution in [2.75, 3.05) is 11.1 Å². The minimum Gasteiger partial charge on any atom is -0.393 e. The van der Waals surface area contributed by atoms with Crippen LogP contribution in [0.15, 0.2) is 24.4 Å². The van der Waals surface area contributed by atoms with Crippen LogP contribution in [-0.4, -0.2) is 20.6 Å². The summed E-state index contributed by atoms with van der Waals surface area (Å²) in [5.41, 5.74) is 6.94. The van der Waals surface area contributed by atoms with Gasteiger partial charge in [-0.3, -0.25) is 19.6 Å². The van der Waals surface area contributed by atoms with Crippen LogP contribution in [-0.2, 0) is 13.5 Å². The first-order valence-corrected chi connectivity index (χ1v) is 6.30. The number of nitrogen functional groups attached to an aromatic ring is 1. The molecule has 8 nitrogen and oxygen atoms in total. The highest BCUT2D eigenvalue weighted by Crippen LogP contribution is 2.23. The van der Waals surface area contributed by atoms with Gasteiger partial charge in [0, 0.05) is 24.9 Å². The molecule has 1 aromatic carbocycles. The maximum absolute atomic E-state index is 12.2. The Morgan fingerprint density at radius 2 is 2.24 bits per heavy atom. The quantitative estimate of drug-likeness (QED) is 0.505. The lowest BCUT2D eigenvalue weighted by Crippen LogP contribution is -2.13. The number of nitrogens with two attached hydrogens (primary N) is 1. The van der Waals surface area contributed by atoms with E-state index in [0.717, 1.165) is 5.69 Å². The molecule has 0 spiro atoms. The van der Waals surface area contributed by atoms with Gasteiger partial charge in [0.25, 0.3) is 11.6 Å². The number of nitro benzene ring substituents is 1. The lowest BCUT2D eigenvalue weighted by Gasteiger charge is -2.05. The van der Waals surface area contributed by atoms with Crippen molar-refractivity contribution < 1.29 is 9.72 Å². The molecule has 2 rings (SSSR count). The van der Waals surface area contributed by atoms with Crippen LogP contribution >= 0.6 is 0 Å². The van der Waals surface area contributed by atoms with Gasteiger partial charge >= 0.3 is 0 Å². The van der Waals surface area contributed by atoms with Crippen LogP contribution in [0.5, 0.6) is 0 Å². The summed E-state index contributed by atoms with van der Waals surface area (Å²) in [6.07, 6.45) is 2.38. The summed E-state index contributed by atoms with van der Waals surface area (Å²) in [4.78, 5) is 22.3. The third kappa shape index (κ3) is 2.99. The molecule has 1 amide bonds. The second-order valence-electron chi connectivity index (χ2n) is 4.50. The Labute approximate surface area is 120 Å². The molecule has 2 aromatic rings. The molecule has 3 N–H and O–H groups in total. The number of hydrogen-bond donors (Lipinski definition) is 2. The molecular weight excluding hydrogens is 274 g/mol. The first-order chi connectivity index (χ1) is 9.92. The van der Waals surface area contributed by atoms with Gasteiger partial charge in [-0.25, -0.2) is 0 Å². The maximum atomic E-state index is 12.2. The highest BCUT2D eigenvalue weighted by atomic mass is 16.6. The van der Waals surface area contributed by atoms with Gasteiger partial charge in [-0.05, 0) is 18.6 Å². The van der Waals surface area contributed by atoms with Crippen molar-refractivity contribution in [1.29, 1.82) is 0 Å². The van der Waals surface area contributed by atoms with Gasteiger partial charge in [-0.1, -0.05) is 6.92 Å². The Morgan fingerprint density at radius 3 is 2.81 bits per heavy atom. The van der Waals surface area contributed by atoms with Crippen molar-refractivity contribution in [3.63, 3.8) is 0 Å². The number of hydrogen-bond acceptors (Lipinski definition) is 5. The van der Waals surface area contributed by atoms with E-state index in [4.69, 9.17) is 5.73 Å². The number of amides is 1. The van der Waals surface area contributed by atoms with Crippen molar-refractivity contribution in [2.24, 2.45) is 7.05 Å². The number of nitrogens with one attached hydrogen (secondary N) is 1. The van der Waals surface area contributed by atoms with E-state index in [-0.39, 0.29) is 22.8 Å². The zero-order chi connectivity index (χ0) is 15.6. The number of benzene rings is 1. The van der Waals surface area contributed by atoms with Crippen LogP contribution in [0.4, 0.5) is 17.1 Å². The highest BCUT2D eigenvalue weighted by Gasteiger charge is 2.16. The second kappa shape index (κ2) is 5.61. The first-order valence-electron chi connectivity index (χ1n) is 6.30. The Morgan fingerprint density at radius 1 is 1.52 bits per heavy atom. The number of anilines is 2. The summed E-state index contributed by atoms with van der Waals surface area (Å²) in [7, 11) is 1.76. The van der Waals surface area contributed by atoms with Gasteiger partial charge < -0.3 is 11.1 Å². The minimum atomic E-state index is -0.590. The molecule has 0 radical (unpaired) electrons. The number of rotatable bonds is 4. The summed E-state index contributed by atoms with van der Waals surface area (Å²) < 4.78 is 1.61. The molecular formula is C13H15N5O3. The average molecular weight is 289 g/mol. The van der Waals surface area contributed by atoms with Gasteiger partial charge in [0.1, 0.15) is 5.69 Å². The zero-order valence-electron chi connectivity index (χ0n) is 11.7. The molecule has 0 aliphatic heterocycles. The average Bonchev–Trinajstić information content (AvgIpc) is 2.78. The van der Waals surface area contributed by atoms with Crippen molar-refractivity contribution in [2.45, 2.75) is 13.3 Å². The minimum absolute atomic E-state index is 0.0467. The fourth-order valence-corrected chi connectivity index (χ4v) is 1.96. The number of nitrogens with zero attached hydrogens (tertiary/aromatic N) is 3. The summed E-state index contributed by atoms with van der Waals surface area (Å²) in [5, 5.41) is 17.6. The lowest BCUT2D eigenvalue weighted by atomic mass is 10.1. The fourth-order valence-electron chi connectivity index (χ4n) is 1.96.